The molecule has 154 valence electrons. The first-order valence-electron chi connectivity index (χ1n) is 10.6. The molecule has 0 aromatic rings. The van der Waals surface area contributed by atoms with Crippen molar-refractivity contribution in [2.75, 3.05) is 0 Å². The van der Waals surface area contributed by atoms with E-state index in [4.69, 9.17) is 0 Å². The average molecular weight is 386 g/mol. The SMILES string of the molecule is C/C=C1/CC[C@H]2[C@@H]3CC[C@@H]4C[C@](O)(C(F)(F)F)CC[C@]4(C)[C@H]3[C@H](O)C[C@]12C. The van der Waals surface area contributed by atoms with E-state index < -0.39 is 17.9 Å². The maximum absolute atomic E-state index is 13.4. The number of fused-ring (bicyclic) bond motifs is 5. The van der Waals surface area contributed by atoms with Crippen LogP contribution in [0.25, 0.3) is 0 Å². The van der Waals surface area contributed by atoms with Crippen LogP contribution in [-0.2, 0) is 0 Å². The van der Waals surface area contributed by atoms with Gasteiger partial charge in [0, 0.05) is 0 Å². The van der Waals surface area contributed by atoms with Crippen molar-refractivity contribution in [2.24, 2.45) is 34.5 Å². The Morgan fingerprint density at radius 3 is 2.41 bits per heavy atom. The Morgan fingerprint density at radius 2 is 1.78 bits per heavy atom. The van der Waals surface area contributed by atoms with Crippen molar-refractivity contribution in [3.63, 3.8) is 0 Å². The highest BCUT2D eigenvalue weighted by Gasteiger charge is 2.66. The number of rotatable bonds is 0. The van der Waals surface area contributed by atoms with E-state index in [1.54, 1.807) is 0 Å². The van der Waals surface area contributed by atoms with Gasteiger partial charge >= 0.3 is 6.18 Å². The lowest BCUT2D eigenvalue weighted by Gasteiger charge is -2.63. The van der Waals surface area contributed by atoms with E-state index in [2.05, 4.69) is 26.8 Å². The Hall–Kier alpha value is -0.550. The van der Waals surface area contributed by atoms with Crippen molar-refractivity contribution < 1.29 is 23.4 Å². The number of alkyl halides is 3. The summed E-state index contributed by atoms with van der Waals surface area (Å²) in [5.41, 5.74) is -1.36. The lowest BCUT2D eigenvalue weighted by Crippen LogP contribution is -2.61. The van der Waals surface area contributed by atoms with Gasteiger partial charge in [0.15, 0.2) is 5.60 Å². The van der Waals surface area contributed by atoms with E-state index in [1.807, 2.05) is 0 Å². The van der Waals surface area contributed by atoms with Gasteiger partial charge in [-0.3, -0.25) is 0 Å². The van der Waals surface area contributed by atoms with Crippen LogP contribution in [0.3, 0.4) is 0 Å². The summed E-state index contributed by atoms with van der Waals surface area (Å²) in [5, 5.41) is 21.5. The molecule has 2 N–H and O–H groups in total. The largest absolute Gasteiger partial charge is 0.417 e. The summed E-state index contributed by atoms with van der Waals surface area (Å²) in [4.78, 5) is 0. The number of allylic oxidation sites excluding steroid dienone is 2. The Kier molecular flexibility index (Phi) is 4.37. The molecule has 0 saturated heterocycles. The summed E-state index contributed by atoms with van der Waals surface area (Å²) in [6.07, 6.45) is 1.66. The number of hydrogen-bond donors (Lipinski definition) is 2. The molecule has 0 radical (unpaired) electrons. The van der Waals surface area contributed by atoms with Gasteiger partial charge < -0.3 is 10.2 Å². The zero-order valence-electron chi connectivity index (χ0n) is 16.6. The predicted molar refractivity (Wildman–Crippen MR) is 97.9 cm³/mol. The second-order valence-electron chi connectivity index (χ2n) is 10.4. The Labute approximate surface area is 160 Å². The summed E-state index contributed by atoms with van der Waals surface area (Å²) in [6.45, 7) is 6.47. The zero-order chi connectivity index (χ0) is 19.8. The summed E-state index contributed by atoms with van der Waals surface area (Å²) in [5.74, 6) is 0.803. The molecular weight excluding hydrogens is 353 g/mol. The maximum atomic E-state index is 13.4. The van der Waals surface area contributed by atoms with Gasteiger partial charge in [0.25, 0.3) is 0 Å². The average Bonchev–Trinajstić information content (AvgIpc) is 2.90. The molecule has 4 rings (SSSR count). The van der Waals surface area contributed by atoms with E-state index in [9.17, 15) is 23.4 Å². The Morgan fingerprint density at radius 1 is 1.07 bits per heavy atom. The van der Waals surface area contributed by atoms with Crippen LogP contribution in [0, 0.1) is 34.5 Å². The van der Waals surface area contributed by atoms with Crippen molar-refractivity contribution >= 4 is 0 Å². The van der Waals surface area contributed by atoms with Crippen LogP contribution in [0.2, 0.25) is 0 Å². The van der Waals surface area contributed by atoms with E-state index in [0.717, 1.165) is 32.1 Å². The minimum absolute atomic E-state index is 0.0416. The van der Waals surface area contributed by atoms with Crippen LogP contribution in [-0.4, -0.2) is 28.1 Å². The molecular formula is C22H33F3O2. The number of aliphatic hydroxyl groups is 2. The molecule has 4 aliphatic rings. The summed E-state index contributed by atoms with van der Waals surface area (Å²) < 4.78 is 40.3. The minimum Gasteiger partial charge on any atom is -0.393 e. The molecule has 0 aromatic carbocycles. The summed E-state index contributed by atoms with van der Waals surface area (Å²) in [7, 11) is 0. The van der Waals surface area contributed by atoms with Gasteiger partial charge in [-0.2, -0.15) is 13.2 Å². The van der Waals surface area contributed by atoms with E-state index in [1.165, 1.54) is 5.57 Å². The first kappa shape index (κ1) is 19.8. The first-order chi connectivity index (χ1) is 12.5. The van der Waals surface area contributed by atoms with Crippen molar-refractivity contribution in [1.29, 1.82) is 0 Å². The molecule has 0 heterocycles. The summed E-state index contributed by atoms with van der Waals surface area (Å²) >= 11 is 0. The highest BCUT2D eigenvalue weighted by Crippen LogP contribution is 2.68. The van der Waals surface area contributed by atoms with Gasteiger partial charge in [-0.15, -0.1) is 0 Å². The van der Waals surface area contributed by atoms with Gasteiger partial charge in [-0.1, -0.05) is 25.5 Å². The fourth-order valence-corrected chi connectivity index (χ4v) is 7.95. The standard InChI is InChI=1S/C22H33F3O2/c1-4-13-6-8-16-15-7-5-14-11-21(27,22(23,24)25)10-9-19(14,2)18(15)17(26)12-20(13,16)3/h4,14-18,26-27H,5-12H2,1-3H3/b13-4-/t14-,15+,16+,17-,18-,19+,20-,21+/m1/s1. The third-order valence-electron chi connectivity index (χ3n) is 9.38. The van der Waals surface area contributed by atoms with E-state index in [0.29, 0.717) is 18.3 Å². The maximum Gasteiger partial charge on any atom is 0.417 e. The van der Waals surface area contributed by atoms with Crippen molar-refractivity contribution in [3.8, 4) is 0 Å². The Balaban J connectivity index is 1.65. The quantitative estimate of drug-likeness (QED) is 0.559. The fourth-order valence-electron chi connectivity index (χ4n) is 7.95. The molecule has 8 atom stereocenters. The van der Waals surface area contributed by atoms with Gasteiger partial charge in [0.2, 0.25) is 0 Å². The second-order valence-corrected chi connectivity index (χ2v) is 10.4. The number of aliphatic hydroxyl groups excluding tert-OH is 1. The lowest BCUT2D eigenvalue weighted by molar-refractivity contribution is -0.292. The second kappa shape index (κ2) is 5.98. The predicted octanol–water partition coefficient (Wildman–Crippen LogP) is 5.24. The molecule has 5 heteroatoms. The van der Waals surface area contributed by atoms with Gasteiger partial charge in [-0.25, -0.2) is 0 Å². The molecule has 27 heavy (non-hydrogen) atoms. The molecule has 0 bridgehead atoms. The Bertz CT molecular complexity index is 644. The summed E-state index contributed by atoms with van der Waals surface area (Å²) in [6, 6.07) is 0. The molecule has 4 fully saturated rings. The molecule has 0 aromatic heterocycles. The molecule has 0 unspecified atom stereocenters. The van der Waals surface area contributed by atoms with Crippen molar-refractivity contribution in [1.82, 2.24) is 0 Å². The van der Waals surface area contributed by atoms with Crippen LogP contribution in [0.5, 0.6) is 0 Å². The third kappa shape index (κ3) is 2.59. The normalized spacial score (nSPS) is 54.4. The monoisotopic (exact) mass is 386 g/mol. The molecule has 4 aliphatic carbocycles. The minimum atomic E-state index is -4.57. The van der Waals surface area contributed by atoms with Gasteiger partial charge in [-0.05, 0) is 92.8 Å². The molecule has 0 amide bonds. The molecule has 0 spiro atoms. The molecule has 2 nitrogen and oxygen atoms in total. The zero-order valence-corrected chi connectivity index (χ0v) is 16.6. The van der Waals surface area contributed by atoms with Crippen LogP contribution >= 0.6 is 0 Å². The van der Waals surface area contributed by atoms with Gasteiger partial charge in [0.05, 0.1) is 6.10 Å². The lowest BCUT2D eigenvalue weighted by atomic mass is 9.43. The molecule has 4 saturated carbocycles. The molecule has 0 aliphatic heterocycles. The smallest absolute Gasteiger partial charge is 0.393 e. The number of hydrogen-bond acceptors (Lipinski definition) is 2. The van der Waals surface area contributed by atoms with Gasteiger partial charge in [0.1, 0.15) is 0 Å². The third-order valence-corrected chi connectivity index (χ3v) is 9.38. The van der Waals surface area contributed by atoms with Crippen LogP contribution in [0.15, 0.2) is 11.6 Å². The number of halogens is 3. The van der Waals surface area contributed by atoms with Crippen LogP contribution in [0.1, 0.15) is 72.1 Å². The topological polar surface area (TPSA) is 40.5 Å². The van der Waals surface area contributed by atoms with Crippen molar-refractivity contribution in [3.05, 3.63) is 11.6 Å². The van der Waals surface area contributed by atoms with E-state index >= 15 is 0 Å². The highest BCUT2D eigenvalue weighted by atomic mass is 19.4. The highest BCUT2D eigenvalue weighted by molar-refractivity contribution is 5.25. The van der Waals surface area contributed by atoms with E-state index in [-0.39, 0.29) is 35.5 Å². The van der Waals surface area contributed by atoms with Crippen LogP contribution < -0.4 is 0 Å². The first-order valence-corrected chi connectivity index (χ1v) is 10.6. The fraction of sp³-hybridized carbons (Fsp3) is 0.909. The van der Waals surface area contributed by atoms with Crippen molar-refractivity contribution in [2.45, 2.75) is 90.0 Å². The van der Waals surface area contributed by atoms with Crippen LogP contribution in [0.4, 0.5) is 13.2 Å².